The summed E-state index contributed by atoms with van der Waals surface area (Å²) in [6.45, 7) is 3.96. The first kappa shape index (κ1) is 14.4. The highest BCUT2D eigenvalue weighted by Gasteiger charge is 2.19. The van der Waals surface area contributed by atoms with Gasteiger partial charge in [0.15, 0.2) is 6.10 Å². The van der Waals surface area contributed by atoms with Gasteiger partial charge in [0.05, 0.1) is 6.61 Å². The summed E-state index contributed by atoms with van der Waals surface area (Å²) < 4.78 is 10.5. The van der Waals surface area contributed by atoms with Crippen molar-refractivity contribution in [1.82, 2.24) is 0 Å². The van der Waals surface area contributed by atoms with Gasteiger partial charge in [-0.2, -0.15) is 0 Å². The molecule has 0 spiro atoms. The molecule has 0 aromatic heterocycles. The summed E-state index contributed by atoms with van der Waals surface area (Å²) in [6, 6.07) is 7.04. The van der Waals surface area contributed by atoms with Crippen molar-refractivity contribution in [3.63, 3.8) is 0 Å². The third-order valence-electron chi connectivity index (χ3n) is 2.32. The van der Waals surface area contributed by atoms with E-state index in [-0.39, 0.29) is 5.97 Å². The second-order valence-electron chi connectivity index (χ2n) is 3.66. The fourth-order valence-electron chi connectivity index (χ4n) is 1.42. The van der Waals surface area contributed by atoms with Crippen LogP contribution in [0.3, 0.4) is 0 Å². The molecule has 0 bridgehead atoms. The summed E-state index contributed by atoms with van der Waals surface area (Å²) in [6.07, 6.45) is -0.0672. The van der Waals surface area contributed by atoms with Gasteiger partial charge >= 0.3 is 5.97 Å². The minimum Gasteiger partial charge on any atom is -0.479 e. The summed E-state index contributed by atoms with van der Waals surface area (Å²) in [5, 5.41) is 0. The molecular weight excluding hydrogens is 250 g/mol. The van der Waals surface area contributed by atoms with Crippen molar-refractivity contribution in [2.45, 2.75) is 26.4 Å². The first-order valence-corrected chi connectivity index (χ1v) is 6.22. The SMILES string of the molecule is CCOC(=O)C(CC)Oc1cccc(C(N)=S)c1. The van der Waals surface area contributed by atoms with E-state index in [1.165, 1.54) is 0 Å². The smallest absolute Gasteiger partial charge is 0.347 e. The molecule has 0 amide bonds. The van der Waals surface area contributed by atoms with E-state index >= 15 is 0 Å². The molecule has 1 aromatic rings. The predicted octanol–water partition coefficient (Wildman–Crippen LogP) is 2.04. The predicted molar refractivity (Wildman–Crippen MR) is 73.7 cm³/mol. The van der Waals surface area contributed by atoms with Crippen molar-refractivity contribution in [1.29, 1.82) is 0 Å². The van der Waals surface area contributed by atoms with Crippen molar-refractivity contribution < 1.29 is 14.3 Å². The van der Waals surface area contributed by atoms with Crippen LogP contribution in [0.5, 0.6) is 5.75 Å². The topological polar surface area (TPSA) is 61.5 Å². The molecule has 0 saturated carbocycles. The van der Waals surface area contributed by atoms with Gasteiger partial charge in [-0.05, 0) is 25.5 Å². The van der Waals surface area contributed by atoms with Crippen molar-refractivity contribution in [2.75, 3.05) is 6.61 Å². The monoisotopic (exact) mass is 267 g/mol. The lowest BCUT2D eigenvalue weighted by molar-refractivity contribution is -0.151. The average Bonchev–Trinajstić information content (AvgIpc) is 2.36. The third kappa shape index (κ3) is 4.00. The molecule has 0 aliphatic heterocycles. The Morgan fingerprint density at radius 1 is 1.44 bits per heavy atom. The van der Waals surface area contributed by atoms with Crippen LogP contribution in [0.25, 0.3) is 0 Å². The molecule has 5 heteroatoms. The minimum atomic E-state index is -0.605. The van der Waals surface area contributed by atoms with Gasteiger partial charge in [0.1, 0.15) is 10.7 Å². The van der Waals surface area contributed by atoms with Crippen LogP contribution < -0.4 is 10.5 Å². The zero-order valence-electron chi connectivity index (χ0n) is 10.5. The number of thiocarbonyl (C=S) groups is 1. The van der Waals surface area contributed by atoms with Crippen LogP contribution in [-0.4, -0.2) is 23.7 Å². The highest BCUT2D eigenvalue weighted by Crippen LogP contribution is 2.16. The number of rotatable bonds is 6. The van der Waals surface area contributed by atoms with Crippen LogP contribution in [-0.2, 0) is 9.53 Å². The van der Waals surface area contributed by atoms with Crippen molar-refractivity contribution in [3.8, 4) is 5.75 Å². The summed E-state index contributed by atoms with van der Waals surface area (Å²) in [7, 11) is 0. The Bertz CT molecular complexity index is 434. The molecule has 0 aliphatic rings. The van der Waals surface area contributed by atoms with E-state index in [4.69, 9.17) is 27.4 Å². The highest BCUT2D eigenvalue weighted by molar-refractivity contribution is 7.80. The molecule has 0 fully saturated rings. The van der Waals surface area contributed by atoms with Crippen LogP contribution in [0.2, 0.25) is 0 Å². The van der Waals surface area contributed by atoms with Gasteiger partial charge < -0.3 is 15.2 Å². The summed E-state index contributed by atoms with van der Waals surface area (Å²) in [5.74, 6) is 0.195. The lowest BCUT2D eigenvalue weighted by Crippen LogP contribution is -2.28. The van der Waals surface area contributed by atoms with Gasteiger partial charge in [-0.3, -0.25) is 0 Å². The molecular formula is C13H17NO3S. The van der Waals surface area contributed by atoms with E-state index in [0.29, 0.717) is 29.3 Å². The lowest BCUT2D eigenvalue weighted by Gasteiger charge is -2.16. The number of esters is 1. The fraction of sp³-hybridized carbons (Fsp3) is 0.385. The minimum absolute atomic E-state index is 0.296. The van der Waals surface area contributed by atoms with Crippen LogP contribution >= 0.6 is 12.2 Å². The van der Waals surface area contributed by atoms with E-state index in [0.717, 1.165) is 0 Å². The van der Waals surface area contributed by atoms with Gasteiger partial charge in [-0.25, -0.2) is 4.79 Å². The molecule has 1 atom stereocenters. The fourth-order valence-corrected chi connectivity index (χ4v) is 1.55. The standard InChI is InChI=1S/C13H17NO3S/c1-3-11(13(15)16-4-2)17-10-7-5-6-9(8-10)12(14)18/h5-8,11H,3-4H2,1-2H3,(H2,14,18). The Balaban J connectivity index is 2.78. The van der Waals surface area contributed by atoms with Gasteiger partial charge in [0.25, 0.3) is 0 Å². The van der Waals surface area contributed by atoms with E-state index < -0.39 is 6.10 Å². The molecule has 1 unspecified atom stereocenters. The molecule has 1 rings (SSSR count). The molecule has 0 radical (unpaired) electrons. The van der Waals surface area contributed by atoms with Gasteiger partial charge in [-0.15, -0.1) is 0 Å². The summed E-state index contributed by atoms with van der Waals surface area (Å²) >= 11 is 4.89. The Kier molecular flexibility index (Phi) is 5.58. The van der Waals surface area contributed by atoms with Crippen molar-refractivity contribution in [3.05, 3.63) is 29.8 Å². The molecule has 18 heavy (non-hydrogen) atoms. The zero-order valence-corrected chi connectivity index (χ0v) is 11.3. The number of ether oxygens (including phenoxy) is 2. The molecule has 0 aliphatic carbocycles. The van der Waals surface area contributed by atoms with Crippen LogP contribution in [0, 0.1) is 0 Å². The molecule has 0 heterocycles. The number of carbonyl (C=O) groups is 1. The normalized spacial score (nSPS) is 11.7. The second kappa shape index (κ2) is 6.96. The van der Waals surface area contributed by atoms with Crippen LogP contribution in [0.15, 0.2) is 24.3 Å². The first-order valence-electron chi connectivity index (χ1n) is 5.81. The lowest BCUT2D eigenvalue weighted by atomic mass is 10.2. The number of carbonyl (C=O) groups excluding carboxylic acids is 1. The second-order valence-corrected chi connectivity index (χ2v) is 4.10. The quantitative estimate of drug-likeness (QED) is 0.631. The Morgan fingerprint density at radius 2 is 2.17 bits per heavy atom. The maximum Gasteiger partial charge on any atom is 0.347 e. The molecule has 4 nitrogen and oxygen atoms in total. The Morgan fingerprint density at radius 3 is 2.72 bits per heavy atom. The van der Waals surface area contributed by atoms with Crippen molar-refractivity contribution >= 4 is 23.2 Å². The molecule has 0 saturated heterocycles. The number of hydrogen-bond donors (Lipinski definition) is 1. The van der Waals surface area contributed by atoms with Crippen molar-refractivity contribution in [2.24, 2.45) is 5.73 Å². The largest absolute Gasteiger partial charge is 0.479 e. The Hall–Kier alpha value is -1.62. The molecule has 1 aromatic carbocycles. The third-order valence-corrected chi connectivity index (χ3v) is 2.55. The highest BCUT2D eigenvalue weighted by atomic mass is 32.1. The van der Waals surface area contributed by atoms with Gasteiger partial charge in [0, 0.05) is 5.56 Å². The number of benzene rings is 1. The summed E-state index contributed by atoms with van der Waals surface area (Å²) in [4.78, 5) is 11.9. The van der Waals surface area contributed by atoms with Crippen LogP contribution in [0.4, 0.5) is 0 Å². The number of nitrogens with two attached hydrogens (primary N) is 1. The Labute approximate surface area is 112 Å². The average molecular weight is 267 g/mol. The van der Waals surface area contributed by atoms with Gasteiger partial charge in [-0.1, -0.05) is 31.3 Å². The van der Waals surface area contributed by atoms with E-state index in [9.17, 15) is 4.79 Å². The van der Waals surface area contributed by atoms with E-state index in [1.54, 1.807) is 31.2 Å². The number of hydrogen-bond acceptors (Lipinski definition) is 4. The maximum absolute atomic E-state index is 11.6. The molecule has 2 N–H and O–H groups in total. The zero-order chi connectivity index (χ0) is 13.5. The maximum atomic E-state index is 11.6. The van der Waals surface area contributed by atoms with E-state index in [1.807, 2.05) is 6.92 Å². The van der Waals surface area contributed by atoms with Gasteiger partial charge in [0.2, 0.25) is 0 Å². The van der Waals surface area contributed by atoms with Crippen LogP contribution in [0.1, 0.15) is 25.8 Å². The summed E-state index contributed by atoms with van der Waals surface area (Å²) in [5.41, 5.74) is 6.25. The molecule has 98 valence electrons. The first-order chi connectivity index (χ1) is 8.58. The van der Waals surface area contributed by atoms with E-state index in [2.05, 4.69) is 0 Å².